The smallest absolute Gasteiger partial charge is 0.251 e. The summed E-state index contributed by atoms with van der Waals surface area (Å²) in [4.78, 5) is 25.9. The number of anilines is 1. The normalized spacial score (nSPS) is 13.8. The first-order valence-corrected chi connectivity index (χ1v) is 19.0. The summed E-state index contributed by atoms with van der Waals surface area (Å²) in [6, 6.07) is 13.3. The van der Waals surface area contributed by atoms with Gasteiger partial charge in [-0.2, -0.15) is 4.31 Å². The zero-order chi connectivity index (χ0) is 32.5. The molecule has 3 heterocycles. The Labute approximate surface area is 280 Å². The molecule has 1 saturated heterocycles. The predicted molar refractivity (Wildman–Crippen MR) is 178 cm³/mol. The number of nitrogens with one attached hydrogen (secondary N) is 2. The molecule has 1 aliphatic heterocycles. The monoisotopic (exact) mass is 702 g/mol. The van der Waals surface area contributed by atoms with E-state index in [1.807, 2.05) is 38.1 Å². The van der Waals surface area contributed by atoms with Gasteiger partial charge in [0, 0.05) is 24.3 Å². The largest absolute Gasteiger partial charge is 0.494 e. The Hall–Kier alpha value is -3.51. The first-order chi connectivity index (χ1) is 22.3. The van der Waals surface area contributed by atoms with Gasteiger partial charge in [0.15, 0.2) is 15.3 Å². The minimum atomic E-state index is -3.60. The molecule has 0 unspecified atom stereocenters. The fourth-order valence-electron chi connectivity index (χ4n) is 4.65. The quantitative estimate of drug-likeness (QED) is 0.141. The number of piperidine rings is 1. The minimum absolute atomic E-state index is 0.0300. The van der Waals surface area contributed by atoms with Gasteiger partial charge in [0.1, 0.15) is 5.75 Å². The van der Waals surface area contributed by atoms with Crippen molar-refractivity contribution in [2.24, 2.45) is 0 Å². The second-order valence-electron chi connectivity index (χ2n) is 9.98. The van der Waals surface area contributed by atoms with Gasteiger partial charge >= 0.3 is 0 Å². The maximum absolute atomic E-state index is 13.1. The van der Waals surface area contributed by atoms with Crippen molar-refractivity contribution in [1.82, 2.24) is 34.6 Å². The van der Waals surface area contributed by atoms with E-state index < -0.39 is 15.9 Å². The fraction of sp³-hybridized carbons (Fsp3) is 0.379. The number of thioether (sulfide) groups is 2. The molecule has 244 valence electrons. The molecule has 46 heavy (non-hydrogen) atoms. The van der Waals surface area contributed by atoms with Gasteiger partial charge in [0.05, 0.1) is 23.8 Å². The average Bonchev–Trinajstić information content (AvgIpc) is 3.70. The molecule has 0 atom stereocenters. The Morgan fingerprint density at radius 1 is 0.935 bits per heavy atom. The number of carbonyl (C=O) groups excluding carboxylic acids is 2. The van der Waals surface area contributed by atoms with Gasteiger partial charge in [-0.3, -0.25) is 19.5 Å². The Morgan fingerprint density at radius 3 is 2.37 bits per heavy atom. The van der Waals surface area contributed by atoms with Crippen molar-refractivity contribution in [2.45, 2.75) is 54.0 Å². The number of amides is 2. The maximum Gasteiger partial charge on any atom is 0.251 e. The van der Waals surface area contributed by atoms with Crippen LogP contribution in [-0.4, -0.2) is 80.7 Å². The molecule has 2 aromatic carbocycles. The van der Waals surface area contributed by atoms with E-state index in [2.05, 4.69) is 31.0 Å². The molecule has 4 aromatic rings. The van der Waals surface area contributed by atoms with Crippen molar-refractivity contribution in [2.75, 3.05) is 36.5 Å². The molecule has 13 nitrogen and oxygen atoms in total. The van der Waals surface area contributed by atoms with Crippen LogP contribution in [0.2, 0.25) is 0 Å². The van der Waals surface area contributed by atoms with Crippen LogP contribution in [0, 0.1) is 0 Å². The van der Waals surface area contributed by atoms with Crippen molar-refractivity contribution in [3.63, 3.8) is 0 Å². The number of hydrogen-bond donors (Lipinski definition) is 2. The Morgan fingerprint density at radius 2 is 1.67 bits per heavy atom. The molecule has 2 amide bonds. The summed E-state index contributed by atoms with van der Waals surface area (Å²) < 4.78 is 35.6. The Balaban J connectivity index is 1.27. The van der Waals surface area contributed by atoms with Gasteiger partial charge in [-0.1, -0.05) is 48.2 Å². The molecule has 1 fully saturated rings. The van der Waals surface area contributed by atoms with E-state index in [0.29, 0.717) is 47.1 Å². The lowest BCUT2D eigenvalue weighted by Gasteiger charge is -2.25. The number of nitrogens with zero attached hydrogens (tertiary/aromatic N) is 6. The standard InChI is InChI=1S/C29H34N8O5S4/c1-3-42-22-12-10-21(11-13-22)37-24(32-34-28(37)44-19-25(38)31-27-33-35-29(45-27)43-4-2)18-30-26(39)20-8-14-23(15-9-20)46(40,41)36-16-6-5-7-17-36/h8-15H,3-7,16-19H2,1-2H3,(H,30,39)(H,31,33,38). The third-order valence-corrected chi connectivity index (χ3v) is 11.5. The molecular weight excluding hydrogens is 669 g/mol. The van der Waals surface area contributed by atoms with E-state index in [1.165, 1.54) is 51.7 Å². The van der Waals surface area contributed by atoms with Gasteiger partial charge < -0.3 is 10.1 Å². The topological polar surface area (TPSA) is 161 Å². The van der Waals surface area contributed by atoms with Crippen molar-refractivity contribution in [1.29, 1.82) is 0 Å². The average molecular weight is 703 g/mol. The summed E-state index contributed by atoms with van der Waals surface area (Å²) >= 11 is 4.06. The molecule has 17 heteroatoms. The summed E-state index contributed by atoms with van der Waals surface area (Å²) in [6.45, 7) is 5.49. The molecule has 0 aliphatic carbocycles. The molecule has 1 aliphatic rings. The van der Waals surface area contributed by atoms with E-state index >= 15 is 0 Å². The second-order valence-corrected chi connectivity index (χ2v) is 15.3. The fourth-order valence-corrected chi connectivity index (χ4v) is 8.60. The number of benzene rings is 2. The van der Waals surface area contributed by atoms with Gasteiger partial charge in [0.25, 0.3) is 5.91 Å². The van der Waals surface area contributed by atoms with Crippen LogP contribution in [0.5, 0.6) is 5.75 Å². The number of hydrogen-bond acceptors (Lipinski definition) is 12. The van der Waals surface area contributed by atoms with Crippen molar-refractivity contribution < 1.29 is 22.7 Å². The molecule has 0 radical (unpaired) electrons. The molecule has 2 aromatic heterocycles. The Bertz CT molecular complexity index is 1740. The lowest BCUT2D eigenvalue weighted by molar-refractivity contribution is -0.113. The van der Waals surface area contributed by atoms with Crippen LogP contribution in [-0.2, 0) is 21.4 Å². The van der Waals surface area contributed by atoms with Gasteiger partial charge in [-0.15, -0.1) is 20.4 Å². The molecule has 0 spiro atoms. The summed E-state index contributed by atoms with van der Waals surface area (Å²) in [6.07, 6.45) is 2.72. The van der Waals surface area contributed by atoms with Crippen LogP contribution in [0.15, 0.2) is 62.9 Å². The third kappa shape index (κ3) is 8.44. The lowest BCUT2D eigenvalue weighted by Crippen LogP contribution is -2.35. The molecule has 2 N–H and O–H groups in total. The number of carbonyl (C=O) groups is 2. The van der Waals surface area contributed by atoms with E-state index in [9.17, 15) is 18.0 Å². The zero-order valence-corrected chi connectivity index (χ0v) is 28.6. The summed E-state index contributed by atoms with van der Waals surface area (Å²) in [5.74, 6) is 1.38. The number of rotatable bonds is 14. The SMILES string of the molecule is CCOc1ccc(-n2c(CNC(=O)c3ccc(S(=O)(=O)N4CCCCC4)cc3)nnc2SCC(=O)Nc2nnc(SCC)s2)cc1. The van der Waals surface area contributed by atoms with Gasteiger partial charge in [-0.05, 0) is 74.0 Å². The van der Waals surface area contributed by atoms with Gasteiger partial charge in [-0.25, -0.2) is 8.42 Å². The minimum Gasteiger partial charge on any atom is -0.494 e. The number of sulfonamides is 1. The maximum atomic E-state index is 13.1. The highest BCUT2D eigenvalue weighted by Crippen LogP contribution is 2.27. The van der Waals surface area contributed by atoms with Crippen LogP contribution in [0.3, 0.4) is 0 Å². The first-order valence-electron chi connectivity index (χ1n) is 14.7. The van der Waals surface area contributed by atoms with Crippen LogP contribution < -0.4 is 15.4 Å². The van der Waals surface area contributed by atoms with Crippen molar-refractivity contribution in [3.8, 4) is 11.4 Å². The highest BCUT2D eigenvalue weighted by molar-refractivity contribution is 8.01. The van der Waals surface area contributed by atoms with E-state index in [-0.39, 0.29) is 23.1 Å². The summed E-state index contributed by atoms with van der Waals surface area (Å²) in [7, 11) is -3.60. The molecule has 5 rings (SSSR count). The van der Waals surface area contributed by atoms with E-state index in [0.717, 1.165) is 35.0 Å². The zero-order valence-electron chi connectivity index (χ0n) is 25.3. The van der Waals surface area contributed by atoms with Crippen molar-refractivity contribution in [3.05, 3.63) is 59.9 Å². The lowest BCUT2D eigenvalue weighted by atomic mass is 10.2. The second kappa shape index (κ2) is 15.9. The molecule has 0 saturated carbocycles. The summed E-state index contributed by atoms with van der Waals surface area (Å²) in [5, 5.41) is 23.2. The van der Waals surface area contributed by atoms with E-state index in [4.69, 9.17) is 4.74 Å². The third-order valence-electron chi connectivity index (χ3n) is 6.84. The Kier molecular flexibility index (Phi) is 11.7. The first kappa shape index (κ1) is 33.8. The number of aromatic nitrogens is 5. The molecule has 0 bridgehead atoms. The highest BCUT2D eigenvalue weighted by Gasteiger charge is 2.26. The molecular formula is C29H34N8O5S4. The van der Waals surface area contributed by atoms with Gasteiger partial charge in [0.2, 0.25) is 21.1 Å². The summed E-state index contributed by atoms with van der Waals surface area (Å²) in [5.41, 5.74) is 1.03. The van der Waals surface area contributed by atoms with Crippen LogP contribution >= 0.6 is 34.9 Å². The van der Waals surface area contributed by atoms with Crippen molar-refractivity contribution >= 4 is 61.8 Å². The number of ether oxygens (including phenoxy) is 1. The highest BCUT2D eigenvalue weighted by atomic mass is 32.2. The van der Waals surface area contributed by atoms with Crippen LogP contribution in [0.4, 0.5) is 5.13 Å². The van der Waals surface area contributed by atoms with Crippen LogP contribution in [0.1, 0.15) is 49.3 Å². The van der Waals surface area contributed by atoms with Crippen LogP contribution in [0.25, 0.3) is 5.69 Å². The predicted octanol–water partition coefficient (Wildman–Crippen LogP) is 4.46. The van der Waals surface area contributed by atoms with E-state index in [1.54, 1.807) is 16.3 Å².